The van der Waals surface area contributed by atoms with Crippen molar-refractivity contribution in [3.05, 3.63) is 35.9 Å². The molecule has 0 radical (unpaired) electrons. The van der Waals surface area contributed by atoms with Gasteiger partial charge in [0.15, 0.2) is 0 Å². The Balaban J connectivity index is 1.94. The van der Waals surface area contributed by atoms with E-state index >= 15 is 0 Å². The molecule has 2 aliphatic rings. The third-order valence-corrected chi connectivity index (χ3v) is 5.05. The van der Waals surface area contributed by atoms with Crippen LogP contribution in [0.15, 0.2) is 30.3 Å². The van der Waals surface area contributed by atoms with Gasteiger partial charge in [0.25, 0.3) is 0 Å². The highest BCUT2D eigenvalue weighted by atomic mass is 16.3. The Morgan fingerprint density at radius 2 is 2.05 bits per heavy atom. The zero-order valence-electron chi connectivity index (χ0n) is 12.2. The fourth-order valence-corrected chi connectivity index (χ4v) is 4.12. The highest BCUT2D eigenvalue weighted by Crippen LogP contribution is 2.46. The van der Waals surface area contributed by atoms with Crippen molar-refractivity contribution < 1.29 is 15.0 Å². The zero-order valence-corrected chi connectivity index (χ0v) is 12.2. The molecule has 0 aromatic heterocycles. The van der Waals surface area contributed by atoms with E-state index in [1.54, 1.807) is 0 Å². The summed E-state index contributed by atoms with van der Waals surface area (Å²) in [6.45, 7) is -0.0758. The zero-order chi connectivity index (χ0) is 14.9. The van der Waals surface area contributed by atoms with Gasteiger partial charge in [-0.25, -0.2) is 0 Å². The van der Waals surface area contributed by atoms with Crippen LogP contribution in [0.5, 0.6) is 0 Å². The average Bonchev–Trinajstić information content (AvgIpc) is 2.79. The van der Waals surface area contributed by atoms with E-state index in [4.69, 9.17) is 0 Å². The third kappa shape index (κ3) is 2.58. The Hall–Kier alpha value is -1.39. The van der Waals surface area contributed by atoms with Gasteiger partial charge in [-0.15, -0.1) is 0 Å². The van der Waals surface area contributed by atoms with E-state index in [0.717, 1.165) is 31.2 Å². The van der Waals surface area contributed by atoms with Crippen molar-refractivity contribution in [2.45, 2.75) is 56.2 Å². The summed E-state index contributed by atoms with van der Waals surface area (Å²) >= 11 is 0. The average molecular weight is 289 g/mol. The van der Waals surface area contributed by atoms with E-state index in [0.29, 0.717) is 12.8 Å². The maximum Gasteiger partial charge on any atom is 0.223 e. The number of hydrogen-bond donors (Lipinski definition) is 2. The fraction of sp³-hybridized carbons (Fsp3) is 0.588. The maximum atomic E-state index is 12.5. The number of hydrogen-bond acceptors (Lipinski definition) is 3. The number of carbonyl (C=O) groups is 1. The van der Waals surface area contributed by atoms with Crippen LogP contribution in [-0.2, 0) is 4.79 Å². The van der Waals surface area contributed by atoms with Crippen molar-refractivity contribution in [2.24, 2.45) is 0 Å². The van der Waals surface area contributed by atoms with Gasteiger partial charge in [0.2, 0.25) is 5.91 Å². The third-order valence-electron chi connectivity index (χ3n) is 5.05. The summed E-state index contributed by atoms with van der Waals surface area (Å²) in [5.74, 6) is 0.104. The van der Waals surface area contributed by atoms with E-state index < -0.39 is 0 Å². The molecular formula is C17H23NO3. The second-order valence-corrected chi connectivity index (χ2v) is 6.35. The van der Waals surface area contributed by atoms with E-state index in [-0.39, 0.29) is 30.2 Å². The van der Waals surface area contributed by atoms with Gasteiger partial charge in [0.05, 0.1) is 18.8 Å². The molecule has 0 bridgehead atoms. The summed E-state index contributed by atoms with van der Waals surface area (Å²) in [6, 6.07) is 9.41. The monoisotopic (exact) mass is 289 g/mol. The summed E-state index contributed by atoms with van der Waals surface area (Å²) in [5, 5.41) is 19.9. The molecule has 1 aliphatic carbocycles. The van der Waals surface area contributed by atoms with Crippen LogP contribution in [0, 0.1) is 0 Å². The van der Waals surface area contributed by atoms with Crippen LogP contribution >= 0.6 is 0 Å². The number of aliphatic hydroxyl groups is 2. The molecular weight excluding hydrogens is 266 g/mol. The molecule has 1 aromatic rings. The Labute approximate surface area is 125 Å². The van der Waals surface area contributed by atoms with Crippen LogP contribution in [0.1, 0.15) is 50.1 Å². The van der Waals surface area contributed by atoms with Crippen LogP contribution < -0.4 is 0 Å². The SMILES string of the molecule is O=C1CCC2(CCCC(O)C2)N1C(CO)c1ccccc1. The summed E-state index contributed by atoms with van der Waals surface area (Å²) in [6.07, 6.45) is 4.32. The molecule has 1 aromatic carbocycles. The molecule has 2 N–H and O–H groups in total. The lowest BCUT2D eigenvalue weighted by atomic mass is 9.77. The molecule has 3 unspecified atom stereocenters. The van der Waals surface area contributed by atoms with E-state index in [9.17, 15) is 15.0 Å². The minimum atomic E-state index is -0.331. The maximum absolute atomic E-state index is 12.5. The molecule has 1 heterocycles. The molecule has 4 heteroatoms. The molecule has 4 nitrogen and oxygen atoms in total. The highest BCUT2D eigenvalue weighted by molar-refractivity contribution is 5.80. The molecule has 1 aliphatic heterocycles. The first kappa shape index (κ1) is 14.5. The van der Waals surface area contributed by atoms with Crippen molar-refractivity contribution in [1.29, 1.82) is 0 Å². The van der Waals surface area contributed by atoms with E-state index in [1.165, 1.54) is 0 Å². The van der Waals surface area contributed by atoms with Gasteiger partial charge < -0.3 is 15.1 Å². The Morgan fingerprint density at radius 1 is 1.29 bits per heavy atom. The van der Waals surface area contributed by atoms with Crippen molar-refractivity contribution in [2.75, 3.05) is 6.61 Å². The van der Waals surface area contributed by atoms with Crippen LogP contribution in [-0.4, -0.2) is 39.3 Å². The van der Waals surface area contributed by atoms with Crippen LogP contribution in [0.4, 0.5) is 0 Å². The Kier molecular flexibility index (Phi) is 4.00. The van der Waals surface area contributed by atoms with Gasteiger partial charge in [0, 0.05) is 12.0 Å². The van der Waals surface area contributed by atoms with Gasteiger partial charge in [-0.3, -0.25) is 4.79 Å². The first-order chi connectivity index (χ1) is 10.2. The van der Waals surface area contributed by atoms with Crippen LogP contribution in [0.3, 0.4) is 0 Å². The summed E-state index contributed by atoms with van der Waals surface area (Å²) in [4.78, 5) is 14.3. The highest BCUT2D eigenvalue weighted by Gasteiger charge is 2.50. The van der Waals surface area contributed by atoms with Gasteiger partial charge in [-0.2, -0.15) is 0 Å². The largest absolute Gasteiger partial charge is 0.394 e. The minimum Gasteiger partial charge on any atom is -0.394 e. The predicted molar refractivity (Wildman–Crippen MR) is 79.6 cm³/mol. The number of carbonyl (C=O) groups excluding carboxylic acids is 1. The minimum absolute atomic E-state index is 0.0758. The summed E-state index contributed by atoms with van der Waals surface area (Å²) in [7, 11) is 0. The quantitative estimate of drug-likeness (QED) is 0.895. The van der Waals surface area contributed by atoms with Crippen LogP contribution in [0.2, 0.25) is 0 Å². The summed E-state index contributed by atoms with van der Waals surface area (Å²) in [5.41, 5.74) is 0.701. The van der Waals surface area contributed by atoms with Gasteiger partial charge in [-0.1, -0.05) is 30.3 Å². The molecule has 1 saturated heterocycles. The van der Waals surface area contributed by atoms with Gasteiger partial charge in [0.1, 0.15) is 0 Å². The number of aliphatic hydroxyl groups excluding tert-OH is 2. The normalized spacial score (nSPS) is 30.9. The van der Waals surface area contributed by atoms with Crippen molar-refractivity contribution >= 4 is 5.91 Å². The van der Waals surface area contributed by atoms with E-state index in [1.807, 2.05) is 35.2 Å². The second kappa shape index (κ2) is 5.78. The summed E-state index contributed by atoms with van der Waals surface area (Å²) < 4.78 is 0. The lowest BCUT2D eigenvalue weighted by molar-refractivity contribution is -0.138. The molecule has 21 heavy (non-hydrogen) atoms. The topological polar surface area (TPSA) is 60.8 Å². The number of nitrogens with zero attached hydrogens (tertiary/aromatic N) is 1. The van der Waals surface area contributed by atoms with Gasteiger partial charge >= 0.3 is 0 Å². The molecule has 3 rings (SSSR count). The number of amides is 1. The molecule has 2 fully saturated rings. The first-order valence-electron chi connectivity index (χ1n) is 7.82. The van der Waals surface area contributed by atoms with Crippen LogP contribution in [0.25, 0.3) is 0 Å². The molecule has 3 atom stereocenters. The standard InChI is InChI=1S/C17H23NO3/c19-12-15(13-5-2-1-3-6-13)18-16(21)8-10-17(18)9-4-7-14(20)11-17/h1-3,5-6,14-15,19-20H,4,7-12H2. The smallest absolute Gasteiger partial charge is 0.223 e. The lowest BCUT2D eigenvalue weighted by Gasteiger charge is -2.46. The molecule has 114 valence electrons. The lowest BCUT2D eigenvalue weighted by Crippen LogP contribution is -2.52. The molecule has 1 spiro atoms. The van der Waals surface area contributed by atoms with Crippen molar-refractivity contribution in [3.8, 4) is 0 Å². The second-order valence-electron chi connectivity index (χ2n) is 6.35. The Morgan fingerprint density at radius 3 is 2.71 bits per heavy atom. The van der Waals surface area contributed by atoms with E-state index in [2.05, 4.69) is 0 Å². The van der Waals surface area contributed by atoms with Gasteiger partial charge in [-0.05, 0) is 37.7 Å². The first-order valence-corrected chi connectivity index (χ1v) is 7.82. The number of likely N-dealkylation sites (tertiary alicyclic amines) is 1. The van der Waals surface area contributed by atoms with Crippen molar-refractivity contribution in [1.82, 2.24) is 4.90 Å². The van der Waals surface area contributed by atoms with Crippen molar-refractivity contribution in [3.63, 3.8) is 0 Å². The number of benzene rings is 1. The molecule has 1 amide bonds. The molecule has 1 saturated carbocycles. The Bertz CT molecular complexity index is 504. The predicted octanol–water partition coefficient (Wildman–Crippen LogP) is 2.02. The fourth-order valence-electron chi connectivity index (χ4n) is 4.12. The number of rotatable bonds is 3.